The molecule has 2 aliphatic rings. The maximum atomic E-state index is 13.8. The number of thiazole rings is 1. The van der Waals surface area contributed by atoms with Crippen LogP contribution in [0.25, 0.3) is 0 Å². The molecule has 0 atom stereocenters. The number of amides is 1. The van der Waals surface area contributed by atoms with E-state index in [1.807, 2.05) is 6.92 Å². The molecule has 1 N–H and O–H groups in total. The molecule has 5 nitrogen and oxygen atoms in total. The Bertz CT molecular complexity index is 910. The molecule has 0 unspecified atom stereocenters. The number of likely N-dealkylation sites (tertiary alicyclic amines) is 1. The average molecular weight is 497 g/mol. The minimum Gasteiger partial charge on any atom is -0.353 e. The van der Waals surface area contributed by atoms with E-state index in [2.05, 4.69) is 19.6 Å². The first-order valence-corrected chi connectivity index (χ1v) is 13.7. The summed E-state index contributed by atoms with van der Waals surface area (Å²) in [6.07, 6.45) is 9.66. The lowest BCUT2D eigenvalue weighted by molar-refractivity contribution is -0.121. The summed E-state index contributed by atoms with van der Waals surface area (Å²) in [5.41, 5.74) is 0.745. The third-order valence-corrected chi connectivity index (χ3v) is 8.67. The Balaban J connectivity index is 1.13. The summed E-state index contributed by atoms with van der Waals surface area (Å²) < 4.78 is 32.0. The maximum Gasteiger partial charge on any atom is 0.273 e. The molecule has 2 aromatic heterocycles. The van der Waals surface area contributed by atoms with E-state index in [0.717, 1.165) is 86.5 Å². The predicted molar refractivity (Wildman–Crippen MR) is 129 cm³/mol. The molecular formula is C24H34F2N4OS2. The van der Waals surface area contributed by atoms with Crippen LogP contribution >= 0.6 is 22.9 Å². The normalized spacial score (nSPS) is 23.0. The summed E-state index contributed by atoms with van der Waals surface area (Å²) in [6, 6.07) is 0.294. The first kappa shape index (κ1) is 24.7. The second kappa shape index (κ2) is 10.9. The molecule has 3 heterocycles. The second-order valence-electron chi connectivity index (χ2n) is 9.71. The van der Waals surface area contributed by atoms with Crippen molar-refractivity contribution in [3.63, 3.8) is 0 Å². The van der Waals surface area contributed by atoms with Gasteiger partial charge in [0.2, 0.25) is 5.91 Å². The SMILES string of the molecule is Cc1ncc(CC(=O)N[C@H]2CC[C@H](CCN3CCC(c4nscc4C(C)(F)F)CC3)CC2)s1. The van der Waals surface area contributed by atoms with Crippen LogP contribution in [0.4, 0.5) is 8.78 Å². The third-order valence-electron chi connectivity index (χ3n) is 7.11. The Morgan fingerprint density at radius 3 is 2.58 bits per heavy atom. The Hall–Kier alpha value is -1.45. The van der Waals surface area contributed by atoms with Crippen LogP contribution in [0, 0.1) is 12.8 Å². The summed E-state index contributed by atoms with van der Waals surface area (Å²) in [5.74, 6) is -1.84. The zero-order valence-corrected chi connectivity index (χ0v) is 21.1. The minimum atomic E-state index is -2.81. The number of piperidine rings is 1. The molecule has 1 saturated heterocycles. The number of carbonyl (C=O) groups is 1. The number of hydrogen-bond donors (Lipinski definition) is 1. The van der Waals surface area contributed by atoms with E-state index in [9.17, 15) is 13.6 Å². The van der Waals surface area contributed by atoms with Gasteiger partial charge in [-0.3, -0.25) is 4.79 Å². The van der Waals surface area contributed by atoms with E-state index in [1.54, 1.807) is 17.5 Å². The van der Waals surface area contributed by atoms with Crippen molar-refractivity contribution in [2.75, 3.05) is 19.6 Å². The van der Waals surface area contributed by atoms with Crippen LogP contribution in [0.5, 0.6) is 0 Å². The molecule has 182 valence electrons. The van der Waals surface area contributed by atoms with Gasteiger partial charge in [0.1, 0.15) is 0 Å². The highest BCUT2D eigenvalue weighted by Crippen LogP contribution is 2.38. The van der Waals surface area contributed by atoms with Crippen molar-refractivity contribution in [3.8, 4) is 0 Å². The summed E-state index contributed by atoms with van der Waals surface area (Å²) in [4.78, 5) is 20.0. The van der Waals surface area contributed by atoms with Gasteiger partial charge in [-0.25, -0.2) is 13.8 Å². The quantitative estimate of drug-likeness (QED) is 0.524. The molecule has 2 aromatic rings. The third kappa shape index (κ3) is 6.79. The highest BCUT2D eigenvalue weighted by molar-refractivity contribution is 7.11. The first-order chi connectivity index (χ1) is 15.8. The fraction of sp³-hybridized carbons (Fsp3) is 0.708. The van der Waals surface area contributed by atoms with Gasteiger partial charge >= 0.3 is 0 Å². The van der Waals surface area contributed by atoms with E-state index in [0.29, 0.717) is 24.1 Å². The van der Waals surface area contributed by atoms with Crippen molar-refractivity contribution >= 4 is 28.8 Å². The van der Waals surface area contributed by atoms with E-state index in [-0.39, 0.29) is 17.4 Å². The molecule has 1 aliphatic heterocycles. The lowest BCUT2D eigenvalue weighted by atomic mass is 9.83. The standard InChI is InChI=1S/C24H34F2N4OS2/c1-16-27-14-20(33-16)13-22(31)28-19-5-3-17(4-6-19)7-10-30-11-8-18(9-12-30)23-21(15-32-29-23)24(2,25)26/h14-15,17-19H,3-13H2,1-2H3,(H,28,31)/t17-,19-. The Morgan fingerprint density at radius 1 is 1.21 bits per heavy atom. The minimum absolute atomic E-state index is 0.106. The summed E-state index contributed by atoms with van der Waals surface area (Å²) >= 11 is 2.74. The zero-order chi connectivity index (χ0) is 23.4. The van der Waals surface area contributed by atoms with Crippen LogP contribution in [-0.2, 0) is 17.1 Å². The number of hydrogen-bond acceptors (Lipinski definition) is 6. The van der Waals surface area contributed by atoms with Crippen molar-refractivity contribution in [2.24, 2.45) is 5.92 Å². The molecule has 9 heteroatoms. The highest BCUT2D eigenvalue weighted by Gasteiger charge is 2.34. The molecule has 0 spiro atoms. The van der Waals surface area contributed by atoms with Crippen molar-refractivity contribution in [3.05, 3.63) is 32.7 Å². The maximum absolute atomic E-state index is 13.8. The fourth-order valence-electron chi connectivity index (χ4n) is 5.18. The summed E-state index contributed by atoms with van der Waals surface area (Å²) in [5, 5.41) is 5.72. The van der Waals surface area contributed by atoms with Gasteiger partial charge in [-0.2, -0.15) is 4.37 Å². The summed E-state index contributed by atoms with van der Waals surface area (Å²) in [6.45, 7) is 5.92. The van der Waals surface area contributed by atoms with Crippen molar-refractivity contribution in [1.82, 2.24) is 19.6 Å². The number of aromatic nitrogens is 2. The number of rotatable bonds is 8. The lowest BCUT2D eigenvalue weighted by Gasteiger charge is -2.34. The van der Waals surface area contributed by atoms with Crippen LogP contribution < -0.4 is 5.32 Å². The van der Waals surface area contributed by atoms with E-state index in [1.165, 1.54) is 11.8 Å². The number of halogens is 2. The lowest BCUT2D eigenvalue weighted by Crippen LogP contribution is -2.39. The van der Waals surface area contributed by atoms with Crippen molar-refractivity contribution in [1.29, 1.82) is 0 Å². The molecule has 2 fully saturated rings. The summed E-state index contributed by atoms with van der Waals surface area (Å²) in [7, 11) is 0. The average Bonchev–Trinajstić information content (AvgIpc) is 3.43. The molecular weight excluding hydrogens is 462 g/mol. The van der Waals surface area contributed by atoms with Gasteiger partial charge < -0.3 is 10.2 Å². The Morgan fingerprint density at radius 2 is 1.94 bits per heavy atom. The van der Waals surface area contributed by atoms with Gasteiger partial charge in [-0.05, 0) is 89.0 Å². The number of carbonyl (C=O) groups excluding carboxylic acids is 1. The predicted octanol–water partition coefficient (Wildman–Crippen LogP) is 5.51. The van der Waals surface area contributed by atoms with Crippen molar-refractivity contribution < 1.29 is 13.6 Å². The van der Waals surface area contributed by atoms with E-state index < -0.39 is 5.92 Å². The van der Waals surface area contributed by atoms with Gasteiger partial charge in [-0.15, -0.1) is 11.3 Å². The van der Waals surface area contributed by atoms with Crippen LogP contribution in [0.1, 0.15) is 78.9 Å². The topological polar surface area (TPSA) is 58.1 Å². The molecule has 0 aromatic carbocycles. The molecule has 4 rings (SSSR count). The van der Waals surface area contributed by atoms with Crippen LogP contribution in [0.3, 0.4) is 0 Å². The Kier molecular flexibility index (Phi) is 8.12. The number of nitrogens with one attached hydrogen (secondary N) is 1. The van der Waals surface area contributed by atoms with Gasteiger partial charge in [0.25, 0.3) is 5.92 Å². The van der Waals surface area contributed by atoms with E-state index >= 15 is 0 Å². The number of aryl methyl sites for hydroxylation is 1. The first-order valence-electron chi connectivity index (χ1n) is 12.0. The van der Waals surface area contributed by atoms with Crippen LogP contribution in [-0.4, -0.2) is 45.8 Å². The molecule has 1 amide bonds. The van der Waals surface area contributed by atoms with Gasteiger partial charge in [0, 0.05) is 35.3 Å². The second-order valence-corrected chi connectivity index (χ2v) is 11.7. The smallest absolute Gasteiger partial charge is 0.273 e. The van der Waals surface area contributed by atoms with E-state index in [4.69, 9.17) is 0 Å². The Labute approximate surface area is 203 Å². The van der Waals surface area contributed by atoms with Gasteiger partial charge in [0.15, 0.2) is 0 Å². The van der Waals surface area contributed by atoms with Crippen LogP contribution in [0.2, 0.25) is 0 Å². The molecule has 0 radical (unpaired) electrons. The number of alkyl halides is 2. The fourth-order valence-corrected chi connectivity index (χ4v) is 6.82. The molecule has 33 heavy (non-hydrogen) atoms. The monoisotopic (exact) mass is 496 g/mol. The molecule has 0 bridgehead atoms. The number of nitrogens with zero attached hydrogens (tertiary/aromatic N) is 3. The zero-order valence-electron chi connectivity index (χ0n) is 19.5. The largest absolute Gasteiger partial charge is 0.353 e. The molecule has 1 saturated carbocycles. The van der Waals surface area contributed by atoms with Gasteiger partial charge in [0.05, 0.1) is 22.7 Å². The highest BCUT2D eigenvalue weighted by atomic mass is 32.1. The molecule has 1 aliphatic carbocycles. The van der Waals surface area contributed by atoms with Crippen LogP contribution in [0.15, 0.2) is 11.6 Å². The van der Waals surface area contributed by atoms with Crippen molar-refractivity contribution in [2.45, 2.75) is 83.1 Å². The van der Waals surface area contributed by atoms with Gasteiger partial charge in [-0.1, -0.05) is 0 Å².